The summed E-state index contributed by atoms with van der Waals surface area (Å²) in [5.74, 6) is 1.04. The van der Waals surface area contributed by atoms with Crippen molar-refractivity contribution in [2.75, 3.05) is 0 Å². The molecule has 0 saturated carbocycles. The predicted octanol–water partition coefficient (Wildman–Crippen LogP) is 3.20. The van der Waals surface area contributed by atoms with Gasteiger partial charge in [0.1, 0.15) is 0 Å². The van der Waals surface area contributed by atoms with Gasteiger partial charge in [-0.25, -0.2) is 4.98 Å². The fraction of sp³-hybridized carbons (Fsp3) is 0.667. The summed E-state index contributed by atoms with van der Waals surface area (Å²) in [6.07, 6.45) is 0. The highest BCUT2D eigenvalue weighted by atomic mass is 79.9. The molecule has 0 bridgehead atoms. The molecule has 1 heterocycles. The van der Waals surface area contributed by atoms with E-state index < -0.39 is 0 Å². The maximum absolute atomic E-state index is 6.10. The third kappa shape index (κ3) is 2.51. The van der Waals surface area contributed by atoms with Crippen LogP contribution in [0.1, 0.15) is 32.5 Å². The second-order valence-corrected chi connectivity index (χ2v) is 5.81. The molecule has 2 N–H and O–H groups in total. The van der Waals surface area contributed by atoms with Crippen molar-refractivity contribution in [3.05, 3.63) is 15.0 Å². The van der Waals surface area contributed by atoms with Crippen molar-refractivity contribution in [3.63, 3.8) is 0 Å². The monoisotopic (exact) mass is 262 g/mol. The average Bonchev–Trinajstić information content (AvgIpc) is 2.48. The van der Waals surface area contributed by atoms with Gasteiger partial charge < -0.3 is 5.73 Å². The summed E-state index contributed by atoms with van der Waals surface area (Å²) in [5, 5.41) is 0. The van der Waals surface area contributed by atoms with E-state index in [0.717, 1.165) is 9.48 Å². The molecule has 0 radical (unpaired) electrons. The van der Waals surface area contributed by atoms with Gasteiger partial charge in [0.2, 0.25) is 0 Å². The Bertz CT molecular complexity index is 272. The number of rotatable bonds is 3. The molecule has 0 spiro atoms. The lowest BCUT2D eigenvalue weighted by molar-refractivity contribution is 0.347. The number of halogens is 1. The first-order valence-corrected chi connectivity index (χ1v) is 6.05. The molecule has 1 aromatic heterocycles. The zero-order chi connectivity index (χ0) is 10.0. The Balaban J connectivity index is 2.79. The Hall–Kier alpha value is 0.0700. The topological polar surface area (TPSA) is 38.9 Å². The van der Waals surface area contributed by atoms with Crippen LogP contribution in [0.4, 0.5) is 0 Å². The van der Waals surface area contributed by atoms with Crippen molar-refractivity contribution in [1.82, 2.24) is 4.98 Å². The highest BCUT2D eigenvalue weighted by molar-refractivity contribution is 9.11. The standard InChI is InChI=1S/C9H15BrN2S/c1-5(2)6(3)7(11)8-9(10)13-4-12-8/h4-7H,11H2,1-3H3. The van der Waals surface area contributed by atoms with Crippen LogP contribution in [0.25, 0.3) is 0 Å². The van der Waals surface area contributed by atoms with Crippen LogP contribution >= 0.6 is 27.3 Å². The molecule has 0 aliphatic rings. The molecule has 0 saturated heterocycles. The fourth-order valence-electron chi connectivity index (χ4n) is 1.12. The minimum absolute atomic E-state index is 0.0422. The highest BCUT2D eigenvalue weighted by Crippen LogP contribution is 2.31. The second kappa shape index (κ2) is 4.53. The van der Waals surface area contributed by atoms with Gasteiger partial charge >= 0.3 is 0 Å². The van der Waals surface area contributed by atoms with Crippen molar-refractivity contribution in [2.24, 2.45) is 17.6 Å². The van der Waals surface area contributed by atoms with Gasteiger partial charge in [0.05, 0.1) is 21.0 Å². The first kappa shape index (κ1) is 11.1. The fourth-order valence-corrected chi connectivity index (χ4v) is 2.31. The Kier molecular flexibility index (Phi) is 3.88. The highest BCUT2D eigenvalue weighted by Gasteiger charge is 2.21. The molecule has 2 atom stereocenters. The van der Waals surface area contributed by atoms with Gasteiger partial charge in [-0.2, -0.15) is 0 Å². The van der Waals surface area contributed by atoms with E-state index in [2.05, 4.69) is 41.7 Å². The van der Waals surface area contributed by atoms with E-state index in [1.54, 1.807) is 11.3 Å². The Morgan fingerprint density at radius 1 is 1.46 bits per heavy atom. The van der Waals surface area contributed by atoms with E-state index in [-0.39, 0.29) is 6.04 Å². The van der Waals surface area contributed by atoms with Crippen molar-refractivity contribution in [3.8, 4) is 0 Å². The number of nitrogens with two attached hydrogens (primary N) is 1. The Morgan fingerprint density at radius 2 is 2.08 bits per heavy atom. The van der Waals surface area contributed by atoms with Gasteiger partial charge in [0, 0.05) is 0 Å². The van der Waals surface area contributed by atoms with Crippen LogP contribution in [-0.4, -0.2) is 4.98 Å². The Morgan fingerprint density at radius 3 is 2.46 bits per heavy atom. The molecule has 13 heavy (non-hydrogen) atoms. The quantitative estimate of drug-likeness (QED) is 0.909. The van der Waals surface area contributed by atoms with Crippen LogP contribution < -0.4 is 5.73 Å². The third-order valence-electron chi connectivity index (χ3n) is 2.48. The van der Waals surface area contributed by atoms with Crippen LogP contribution in [0.2, 0.25) is 0 Å². The number of hydrogen-bond donors (Lipinski definition) is 1. The molecule has 2 nitrogen and oxygen atoms in total. The van der Waals surface area contributed by atoms with E-state index in [1.165, 1.54) is 0 Å². The molecule has 74 valence electrons. The molecule has 0 aliphatic carbocycles. The van der Waals surface area contributed by atoms with E-state index in [9.17, 15) is 0 Å². The number of hydrogen-bond acceptors (Lipinski definition) is 3. The molecule has 4 heteroatoms. The van der Waals surface area contributed by atoms with Gasteiger partial charge in [0.25, 0.3) is 0 Å². The minimum atomic E-state index is 0.0422. The zero-order valence-electron chi connectivity index (χ0n) is 8.12. The van der Waals surface area contributed by atoms with Crippen LogP contribution in [0.3, 0.4) is 0 Å². The predicted molar refractivity (Wildman–Crippen MR) is 60.7 cm³/mol. The average molecular weight is 263 g/mol. The third-order valence-corrected chi connectivity index (χ3v) is 4.08. The first-order valence-electron chi connectivity index (χ1n) is 4.38. The van der Waals surface area contributed by atoms with Gasteiger partial charge in [0.15, 0.2) is 0 Å². The lowest BCUT2D eigenvalue weighted by Gasteiger charge is -2.22. The van der Waals surface area contributed by atoms with Gasteiger partial charge in [-0.1, -0.05) is 20.8 Å². The van der Waals surface area contributed by atoms with Crippen molar-refractivity contribution in [1.29, 1.82) is 0 Å². The van der Waals surface area contributed by atoms with Crippen LogP contribution in [0, 0.1) is 11.8 Å². The molecule has 0 amide bonds. The first-order chi connectivity index (χ1) is 6.04. The second-order valence-electron chi connectivity index (χ2n) is 3.64. The van der Waals surface area contributed by atoms with Crippen LogP contribution in [0.15, 0.2) is 9.30 Å². The number of aromatic nitrogens is 1. The van der Waals surface area contributed by atoms with Gasteiger partial charge in [-0.15, -0.1) is 11.3 Å². The van der Waals surface area contributed by atoms with Crippen molar-refractivity contribution < 1.29 is 0 Å². The number of nitrogens with zero attached hydrogens (tertiary/aromatic N) is 1. The molecular weight excluding hydrogens is 248 g/mol. The molecule has 0 aromatic carbocycles. The summed E-state index contributed by atoms with van der Waals surface area (Å²) in [6.45, 7) is 6.54. The molecule has 0 fully saturated rings. The van der Waals surface area contributed by atoms with Gasteiger partial charge in [-0.05, 0) is 27.8 Å². The van der Waals surface area contributed by atoms with Crippen molar-refractivity contribution in [2.45, 2.75) is 26.8 Å². The smallest absolute Gasteiger partial charge is 0.0945 e. The maximum atomic E-state index is 6.10. The summed E-state index contributed by atoms with van der Waals surface area (Å²) >= 11 is 5.05. The molecule has 1 rings (SSSR count). The molecular formula is C9H15BrN2S. The zero-order valence-corrected chi connectivity index (χ0v) is 10.5. The summed E-state index contributed by atoms with van der Waals surface area (Å²) < 4.78 is 1.06. The van der Waals surface area contributed by atoms with E-state index in [4.69, 9.17) is 5.73 Å². The SMILES string of the molecule is CC(C)C(C)C(N)c1ncsc1Br. The largest absolute Gasteiger partial charge is 0.322 e. The van der Waals surface area contributed by atoms with E-state index >= 15 is 0 Å². The summed E-state index contributed by atoms with van der Waals surface area (Å²) in [7, 11) is 0. The summed E-state index contributed by atoms with van der Waals surface area (Å²) in [4.78, 5) is 4.27. The summed E-state index contributed by atoms with van der Waals surface area (Å²) in [5.41, 5.74) is 8.92. The lowest BCUT2D eigenvalue weighted by Crippen LogP contribution is -2.23. The molecule has 0 aliphatic heterocycles. The lowest BCUT2D eigenvalue weighted by atomic mass is 9.89. The Labute approximate surface area is 91.7 Å². The van der Waals surface area contributed by atoms with E-state index in [1.807, 2.05) is 5.51 Å². The molecule has 1 aromatic rings. The number of thiazole rings is 1. The van der Waals surface area contributed by atoms with Crippen LogP contribution in [0.5, 0.6) is 0 Å². The molecule has 2 unspecified atom stereocenters. The van der Waals surface area contributed by atoms with Crippen LogP contribution in [-0.2, 0) is 0 Å². The minimum Gasteiger partial charge on any atom is -0.322 e. The van der Waals surface area contributed by atoms with E-state index in [0.29, 0.717) is 11.8 Å². The van der Waals surface area contributed by atoms with Gasteiger partial charge in [-0.3, -0.25) is 0 Å². The maximum Gasteiger partial charge on any atom is 0.0945 e. The van der Waals surface area contributed by atoms with Crippen molar-refractivity contribution >= 4 is 27.3 Å². The normalized spacial score (nSPS) is 16.2. The summed E-state index contributed by atoms with van der Waals surface area (Å²) in [6, 6.07) is 0.0422.